The number of nitrogens with zero attached hydrogens (tertiary/aromatic N) is 1. The SMILES string of the molecule is [B]c1ccc(N=Cc2cc(O)ccc2N)c(OC)c1. The van der Waals surface area contributed by atoms with Crippen LogP contribution in [0, 0.1) is 0 Å². The summed E-state index contributed by atoms with van der Waals surface area (Å²) in [6.07, 6.45) is 1.57. The van der Waals surface area contributed by atoms with E-state index in [4.69, 9.17) is 18.3 Å². The number of methoxy groups -OCH3 is 1. The number of benzene rings is 2. The first-order chi connectivity index (χ1) is 9.10. The number of phenolic OH excluding ortho intramolecular Hbond substituents is 1. The number of ether oxygens (including phenoxy) is 1. The van der Waals surface area contributed by atoms with Crippen molar-refractivity contribution in [2.24, 2.45) is 4.99 Å². The van der Waals surface area contributed by atoms with Crippen molar-refractivity contribution < 1.29 is 9.84 Å². The Kier molecular flexibility index (Phi) is 3.75. The number of nitrogen functional groups attached to an aromatic ring is 1. The molecule has 0 saturated heterocycles. The number of anilines is 1. The van der Waals surface area contributed by atoms with Gasteiger partial charge in [0.2, 0.25) is 0 Å². The number of hydrogen-bond donors (Lipinski definition) is 2. The molecule has 4 nitrogen and oxygen atoms in total. The van der Waals surface area contributed by atoms with E-state index >= 15 is 0 Å². The summed E-state index contributed by atoms with van der Waals surface area (Å²) in [6.45, 7) is 0. The highest BCUT2D eigenvalue weighted by Gasteiger charge is 2.02. The van der Waals surface area contributed by atoms with Gasteiger partial charge >= 0.3 is 0 Å². The molecule has 0 aliphatic carbocycles. The fraction of sp³-hybridized carbons (Fsp3) is 0.0714. The Morgan fingerprint density at radius 3 is 2.79 bits per heavy atom. The predicted octanol–water partition coefficient (Wildman–Crippen LogP) is 1.53. The Labute approximate surface area is 113 Å². The first-order valence-electron chi connectivity index (χ1n) is 5.66. The van der Waals surface area contributed by atoms with Crippen LogP contribution in [0.3, 0.4) is 0 Å². The van der Waals surface area contributed by atoms with Crippen LogP contribution in [0.2, 0.25) is 0 Å². The van der Waals surface area contributed by atoms with E-state index in [9.17, 15) is 5.11 Å². The quantitative estimate of drug-likeness (QED) is 0.376. The van der Waals surface area contributed by atoms with Gasteiger partial charge in [-0.25, -0.2) is 0 Å². The molecule has 2 aromatic rings. The van der Waals surface area contributed by atoms with Crippen LogP contribution in [0.5, 0.6) is 11.5 Å². The summed E-state index contributed by atoms with van der Waals surface area (Å²) >= 11 is 0. The first-order valence-corrected chi connectivity index (χ1v) is 5.66. The molecule has 2 radical (unpaired) electrons. The van der Waals surface area contributed by atoms with Crippen LogP contribution in [-0.4, -0.2) is 26.3 Å². The number of rotatable bonds is 3. The average Bonchev–Trinajstić information content (AvgIpc) is 2.40. The van der Waals surface area contributed by atoms with E-state index in [1.165, 1.54) is 6.07 Å². The van der Waals surface area contributed by atoms with Gasteiger partial charge in [-0.15, -0.1) is 0 Å². The molecule has 0 aromatic heterocycles. The van der Waals surface area contributed by atoms with Gasteiger partial charge in [-0.1, -0.05) is 11.5 Å². The Morgan fingerprint density at radius 2 is 2.05 bits per heavy atom. The molecule has 0 bridgehead atoms. The molecule has 94 valence electrons. The zero-order valence-corrected chi connectivity index (χ0v) is 10.5. The van der Waals surface area contributed by atoms with Gasteiger partial charge in [-0.3, -0.25) is 4.99 Å². The molecule has 2 aromatic carbocycles. The average molecular weight is 252 g/mol. The van der Waals surface area contributed by atoms with E-state index in [0.717, 1.165) is 0 Å². The van der Waals surface area contributed by atoms with E-state index in [2.05, 4.69) is 4.99 Å². The van der Waals surface area contributed by atoms with E-state index < -0.39 is 0 Å². The number of nitrogens with two attached hydrogens (primary N) is 1. The molecule has 0 fully saturated rings. The van der Waals surface area contributed by atoms with Gasteiger partial charge in [0.1, 0.15) is 25.0 Å². The maximum Gasteiger partial charge on any atom is 0.143 e. The fourth-order valence-corrected chi connectivity index (χ4v) is 1.61. The standard InChI is InChI=1S/C14H13BN2O2/c1-19-14-7-10(15)2-5-13(14)17-8-9-6-11(18)3-4-12(9)16/h2-8,18H,16H2,1H3. The molecule has 3 N–H and O–H groups in total. The van der Waals surface area contributed by atoms with Crippen molar-refractivity contribution in [1.29, 1.82) is 0 Å². The molecule has 19 heavy (non-hydrogen) atoms. The van der Waals surface area contributed by atoms with Crippen LogP contribution in [0.25, 0.3) is 0 Å². The van der Waals surface area contributed by atoms with Gasteiger partial charge in [0.25, 0.3) is 0 Å². The van der Waals surface area contributed by atoms with Crippen molar-refractivity contribution in [2.45, 2.75) is 0 Å². The van der Waals surface area contributed by atoms with Gasteiger partial charge < -0.3 is 15.6 Å². The summed E-state index contributed by atoms with van der Waals surface area (Å²) in [7, 11) is 7.22. The van der Waals surface area contributed by atoms with E-state index in [1.807, 2.05) is 0 Å². The van der Waals surface area contributed by atoms with Crippen molar-refractivity contribution in [1.82, 2.24) is 0 Å². The van der Waals surface area contributed by atoms with Crippen LogP contribution in [-0.2, 0) is 0 Å². The lowest BCUT2D eigenvalue weighted by molar-refractivity contribution is 0.416. The number of phenols is 1. The van der Waals surface area contributed by atoms with Crippen molar-refractivity contribution >= 4 is 30.9 Å². The fourth-order valence-electron chi connectivity index (χ4n) is 1.61. The summed E-state index contributed by atoms with van der Waals surface area (Å²) in [5.74, 6) is 0.717. The van der Waals surface area contributed by atoms with E-state index in [1.54, 1.807) is 43.7 Å². The lowest BCUT2D eigenvalue weighted by Crippen LogP contribution is -2.01. The summed E-state index contributed by atoms with van der Waals surface area (Å²) in [6, 6.07) is 9.87. The minimum absolute atomic E-state index is 0.139. The van der Waals surface area contributed by atoms with Gasteiger partial charge in [0.05, 0.1) is 7.11 Å². The highest BCUT2D eigenvalue weighted by molar-refractivity contribution is 6.32. The molecule has 0 aliphatic rings. The molecule has 0 saturated carbocycles. The van der Waals surface area contributed by atoms with Crippen molar-refractivity contribution in [3.8, 4) is 11.5 Å². The molecule has 0 aliphatic heterocycles. The molecule has 0 atom stereocenters. The van der Waals surface area contributed by atoms with E-state index in [0.29, 0.717) is 28.2 Å². The first kappa shape index (κ1) is 13.0. The zero-order valence-electron chi connectivity index (χ0n) is 10.5. The third kappa shape index (κ3) is 3.07. The van der Waals surface area contributed by atoms with Crippen molar-refractivity contribution in [3.05, 3.63) is 42.0 Å². The second-order valence-corrected chi connectivity index (χ2v) is 4.00. The second-order valence-electron chi connectivity index (χ2n) is 4.00. The van der Waals surface area contributed by atoms with Crippen LogP contribution in [0.1, 0.15) is 5.56 Å². The maximum absolute atomic E-state index is 9.41. The van der Waals surface area contributed by atoms with Gasteiger partial charge in [0.15, 0.2) is 0 Å². The third-order valence-electron chi connectivity index (χ3n) is 2.62. The molecule has 0 spiro atoms. The molecule has 2 rings (SSSR count). The number of aromatic hydroxyl groups is 1. The second kappa shape index (κ2) is 5.48. The molecular formula is C14H13BN2O2. The molecule has 0 heterocycles. The summed E-state index contributed by atoms with van der Waals surface area (Å²) in [5, 5.41) is 9.41. The molecule has 5 heteroatoms. The summed E-state index contributed by atoms with van der Waals surface area (Å²) in [4.78, 5) is 4.29. The van der Waals surface area contributed by atoms with Gasteiger partial charge in [-0.05, 0) is 30.3 Å². The highest BCUT2D eigenvalue weighted by Crippen LogP contribution is 2.26. The zero-order chi connectivity index (χ0) is 13.8. The Balaban J connectivity index is 2.35. The number of hydrogen-bond acceptors (Lipinski definition) is 4. The van der Waals surface area contributed by atoms with E-state index in [-0.39, 0.29) is 5.75 Å². The third-order valence-corrected chi connectivity index (χ3v) is 2.62. The molecule has 0 unspecified atom stereocenters. The van der Waals surface area contributed by atoms with Gasteiger partial charge in [0, 0.05) is 17.5 Å². The summed E-state index contributed by atoms with van der Waals surface area (Å²) < 4.78 is 5.19. The minimum atomic E-state index is 0.139. The maximum atomic E-state index is 9.41. The Morgan fingerprint density at radius 1 is 1.26 bits per heavy atom. The molecule has 0 amide bonds. The van der Waals surface area contributed by atoms with Crippen LogP contribution >= 0.6 is 0 Å². The molecular weight excluding hydrogens is 239 g/mol. The minimum Gasteiger partial charge on any atom is -0.508 e. The summed E-state index contributed by atoms with van der Waals surface area (Å²) in [5.41, 5.74) is 8.21. The van der Waals surface area contributed by atoms with Crippen molar-refractivity contribution in [2.75, 3.05) is 12.8 Å². The van der Waals surface area contributed by atoms with Crippen molar-refractivity contribution in [3.63, 3.8) is 0 Å². The normalized spacial score (nSPS) is 10.8. The highest BCUT2D eigenvalue weighted by atomic mass is 16.5. The van der Waals surface area contributed by atoms with Gasteiger partial charge in [-0.2, -0.15) is 0 Å². The largest absolute Gasteiger partial charge is 0.508 e. The Hall–Kier alpha value is -2.43. The van der Waals surface area contributed by atoms with Crippen LogP contribution in [0.4, 0.5) is 11.4 Å². The van der Waals surface area contributed by atoms with Crippen LogP contribution in [0.15, 0.2) is 41.4 Å². The lowest BCUT2D eigenvalue weighted by Gasteiger charge is -2.06. The topological polar surface area (TPSA) is 67.8 Å². The number of aliphatic imine (C=N–C) groups is 1. The Bertz CT molecular complexity index is 627. The lowest BCUT2D eigenvalue weighted by atomic mass is 9.96. The smallest absolute Gasteiger partial charge is 0.143 e. The monoisotopic (exact) mass is 252 g/mol. The predicted molar refractivity (Wildman–Crippen MR) is 78.2 cm³/mol. The van der Waals surface area contributed by atoms with Crippen LogP contribution < -0.4 is 15.9 Å².